The number of rotatable bonds is 7. The van der Waals surface area contributed by atoms with E-state index in [1.165, 1.54) is 0 Å². The molecule has 4 nitrogen and oxygen atoms in total. The Morgan fingerprint density at radius 1 is 1.46 bits per heavy atom. The minimum Gasteiger partial charge on any atom is -0.481 e. The van der Waals surface area contributed by atoms with Gasteiger partial charge in [-0.1, -0.05) is 13.8 Å². The van der Waals surface area contributed by atoms with E-state index >= 15 is 0 Å². The number of aliphatic hydroxyl groups is 1. The molecule has 0 heterocycles. The monoisotopic (exact) mass is 189 g/mol. The Kier molecular flexibility index (Phi) is 6.54. The fraction of sp³-hybridized carbons (Fsp3) is 0.889. The Morgan fingerprint density at radius 2 is 2.08 bits per heavy atom. The predicted octanol–water partition coefficient (Wildman–Crippen LogP) is 0.458. The van der Waals surface area contributed by atoms with E-state index in [1.54, 1.807) is 0 Å². The molecule has 0 saturated carbocycles. The number of carbonyl (C=O) groups is 1. The van der Waals surface area contributed by atoms with Gasteiger partial charge in [-0.25, -0.2) is 0 Å². The molecule has 3 N–H and O–H groups in total. The Balaban J connectivity index is 3.53. The Labute approximate surface area is 79.0 Å². The lowest BCUT2D eigenvalue weighted by Crippen LogP contribution is -2.35. The van der Waals surface area contributed by atoms with E-state index in [-0.39, 0.29) is 19.1 Å². The molecule has 0 aromatic carbocycles. The first-order valence-corrected chi connectivity index (χ1v) is 4.62. The Bertz CT molecular complexity index is 148. The predicted molar refractivity (Wildman–Crippen MR) is 50.6 cm³/mol. The van der Waals surface area contributed by atoms with Gasteiger partial charge < -0.3 is 15.5 Å². The van der Waals surface area contributed by atoms with E-state index in [9.17, 15) is 4.79 Å². The third-order valence-electron chi connectivity index (χ3n) is 1.75. The summed E-state index contributed by atoms with van der Waals surface area (Å²) >= 11 is 0. The molecule has 0 aliphatic rings. The lowest BCUT2D eigenvalue weighted by atomic mass is 10.0. The third kappa shape index (κ3) is 7.74. The largest absolute Gasteiger partial charge is 0.481 e. The molecule has 0 spiro atoms. The third-order valence-corrected chi connectivity index (χ3v) is 1.75. The summed E-state index contributed by atoms with van der Waals surface area (Å²) in [6.45, 7) is 4.63. The molecule has 0 bridgehead atoms. The topological polar surface area (TPSA) is 69.6 Å². The highest BCUT2D eigenvalue weighted by Gasteiger charge is 2.08. The van der Waals surface area contributed by atoms with Crippen molar-refractivity contribution >= 4 is 5.97 Å². The number of aliphatic hydroxyl groups excluding tert-OH is 1. The van der Waals surface area contributed by atoms with E-state index in [4.69, 9.17) is 10.2 Å². The number of aliphatic carboxylic acids is 1. The fourth-order valence-corrected chi connectivity index (χ4v) is 1.17. The van der Waals surface area contributed by atoms with Crippen molar-refractivity contribution in [3.05, 3.63) is 0 Å². The van der Waals surface area contributed by atoms with Crippen LogP contribution in [0.5, 0.6) is 0 Å². The number of hydrogen-bond acceptors (Lipinski definition) is 3. The number of carboxylic acid groups (broad SMARTS) is 1. The molecule has 0 amide bonds. The minimum absolute atomic E-state index is 0.0272. The first-order chi connectivity index (χ1) is 6.06. The Morgan fingerprint density at radius 3 is 2.46 bits per heavy atom. The highest BCUT2D eigenvalue weighted by Crippen LogP contribution is 2.03. The molecule has 0 radical (unpaired) electrons. The van der Waals surface area contributed by atoms with Crippen molar-refractivity contribution in [2.24, 2.45) is 5.92 Å². The maximum Gasteiger partial charge on any atom is 0.304 e. The molecule has 0 aliphatic carbocycles. The van der Waals surface area contributed by atoms with Crippen LogP contribution in [0.25, 0.3) is 0 Å². The zero-order valence-electron chi connectivity index (χ0n) is 8.29. The molecule has 0 saturated heterocycles. The van der Waals surface area contributed by atoms with Gasteiger partial charge >= 0.3 is 5.97 Å². The molecule has 0 aromatic heterocycles. The number of hydrogen-bond donors (Lipinski definition) is 3. The van der Waals surface area contributed by atoms with Crippen LogP contribution in [0.15, 0.2) is 0 Å². The second kappa shape index (κ2) is 6.86. The molecule has 1 atom stereocenters. The smallest absolute Gasteiger partial charge is 0.304 e. The Hall–Kier alpha value is -0.610. The van der Waals surface area contributed by atoms with Gasteiger partial charge in [0.05, 0.1) is 13.0 Å². The van der Waals surface area contributed by atoms with Crippen molar-refractivity contribution < 1.29 is 15.0 Å². The molecule has 78 valence electrons. The van der Waals surface area contributed by atoms with E-state index in [1.807, 2.05) is 0 Å². The average Bonchev–Trinajstić information content (AvgIpc) is 2.01. The van der Waals surface area contributed by atoms with E-state index < -0.39 is 5.97 Å². The standard InChI is InChI=1S/C9H19NO3/c1-7(2)5-8(6-11)10-4-3-9(12)13/h7-8,10-11H,3-6H2,1-2H3,(H,12,13). The van der Waals surface area contributed by atoms with Crippen LogP contribution >= 0.6 is 0 Å². The quantitative estimate of drug-likeness (QED) is 0.544. The van der Waals surface area contributed by atoms with Crippen molar-refractivity contribution in [1.29, 1.82) is 0 Å². The van der Waals surface area contributed by atoms with Crippen LogP contribution in [0.4, 0.5) is 0 Å². The summed E-state index contributed by atoms with van der Waals surface area (Å²) in [5, 5.41) is 20.3. The first kappa shape index (κ1) is 12.4. The second-order valence-corrected chi connectivity index (χ2v) is 3.61. The van der Waals surface area contributed by atoms with E-state index in [0.29, 0.717) is 12.5 Å². The molecule has 0 aromatic rings. The summed E-state index contributed by atoms with van der Waals surface area (Å²) in [6, 6.07) is 0.0272. The van der Waals surface area contributed by atoms with Crippen LogP contribution in [0, 0.1) is 5.92 Å². The lowest BCUT2D eigenvalue weighted by molar-refractivity contribution is -0.136. The van der Waals surface area contributed by atoms with Crippen LogP contribution in [-0.4, -0.2) is 35.4 Å². The fourth-order valence-electron chi connectivity index (χ4n) is 1.17. The van der Waals surface area contributed by atoms with Gasteiger partial charge in [0.15, 0.2) is 0 Å². The molecule has 13 heavy (non-hydrogen) atoms. The summed E-state index contributed by atoms with van der Waals surface area (Å²) in [7, 11) is 0. The van der Waals surface area contributed by atoms with Gasteiger partial charge in [-0.15, -0.1) is 0 Å². The van der Waals surface area contributed by atoms with E-state index in [2.05, 4.69) is 19.2 Å². The molecule has 0 rings (SSSR count). The first-order valence-electron chi connectivity index (χ1n) is 4.62. The SMILES string of the molecule is CC(C)CC(CO)NCCC(=O)O. The van der Waals surface area contributed by atoms with Gasteiger partial charge in [0.2, 0.25) is 0 Å². The minimum atomic E-state index is -0.811. The van der Waals surface area contributed by atoms with Gasteiger partial charge in [0, 0.05) is 12.6 Å². The average molecular weight is 189 g/mol. The summed E-state index contributed by atoms with van der Waals surface area (Å²) < 4.78 is 0. The molecule has 4 heteroatoms. The number of nitrogens with one attached hydrogen (secondary N) is 1. The normalized spacial score (nSPS) is 13.2. The van der Waals surface area contributed by atoms with Gasteiger partial charge in [0.1, 0.15) is 0 Å². The summed E-state index contributed by atoms with van der Waals surface area (Å²) in [5.41, 5.74) is 0. The van der Waals surface area contributed by atoms with Crippen LogP contribution in [-0.2, 0) is 4.79 Å². The summed E-state index contributed by atoms with van der Waals surface area (Å²) in [6.07, 6.45) is 0.977. The zero-order chi connectivity index (χ0) is 10.3. The highest BCUT2D eigenvalue weighted by atomic mass is 16.4. The number of carboxylic acids is 1. The zero-order valence-corrected chi connectivity index (χ0v) is 8.29. The summed E-state index contributed by atoms with van der Waals surface area (Å²) in [4.78, 5) is 10.2. The van der Waals surface area contributed by atoms with Crippen molar-refractivity contribution in [1.82, 2.24) is 5.32 Å². The molecule has 1 unspecified atom stereocenters. The second-order valence-electron chi connectivity index (χ2n) is 3.61. The lowest BCUT2D eigenvalue weighted by Gasteiger charge is -2.17. The summed E-state index contributed by atoms with van der Waals surface area (Å²) in [5.74, 6) is -0.303. The van der Waals surface area contributed by atoms with Gasteiger partial charge in [-0.3, -0.25) is 4.79 Å². The van der Waals surface area contributed by atoms with Crippen molar-refractivity contribution in [2.45, 2.75) is 32.7 Å². The highest BCUT2D eigenvalue weighted by molar-refractivity contribution is 5.66. The molecular weight excluding hydrogens is 170 g/mol. The maximum atomic E-state index is 10.2. The van der Waals surface area contributed by atoms with Gasteiger partial charge in [0.25, 0.3) is 0 Å². The molecular formula is C9H19NO3. The van der Waals surface area contributed by atoms with Crippen LogP contribution < -0.4 is 5.32 Å². The van der Waals surface area contributed by atoms with Crippen LogP contribution in [0.3, 0.4) is 0 Å². The van der Waals surface area contributed by atoms with Crippen molar-refractivity contribution in [2.75, 3.05) is 13.2 Å². The van der Waals surface area contributed by atoms with Crippen LogP contribution in [0.1, 0.15) is 26.7 Å². The van der Waals surface area contributed by atoms with Gasteiger partial charge in [-0.05, 0) is 12.3 Å². The molecule has 0 aliphatic heterocycles. The van der Waals surface area contributed by atoms with Crippen molar-refractivity contribution in [3.8, 4) is 0 Å². The molecule has 0 fully saturated rings. The maximum absolute atomic E-state index is 10.2. The van der Waals surface area contributed by atoms with Crippen molar-refractivity contribution in [3.63, 3.8) is 0 Å². The van der Waals surface area contributed by atoms with E-state index in [0.717, 1.165) is 6.42 Å². The van der Waals surface area contributed by atoms with Gasteiger partial charge in [-0.2, -0.15) is 0 Å². The van der Waals surface area contributed by atoms with Crippen LogP contribution in [0.2, 0.25) is 0 Å².